The van der Waals surface area contributed by atoms with Gasteiger partial charge in [-0.25, -0.2) is 0 Å². The monoisotopic (exact) mass is 358 g/mol. The van der Waals surface area contributed by atoms with E-state index in [1.54, 1.807) is 0 Å². The first-order valence-electron chi connectivity index (χ1n) is 10.0. The third-order valence-electron chi connectivity index (χ3n) is 6.18. The summed E-state index contributed by atoms with van der Waals surface area (Å²) in [6.07, 6.45) is 4.36. The Balaban J connectivity index is 1.53. The number of nitrogens with zero attached hydrogens (tertiary/aromatic N) is 1. The van der Waals surface area contributed by atoms with Crippen molar-refractivity contribution < 1.29 is 14.3 Å². The van der Waals surface area contributed by atoms with Crippen LogP contribution in [0.4, 0.5) is 0 Å². The lowest BCUT2D eigenvalue weighted by atomic mass is 9.80. The molecule has 3 aliphatic heterocycles. The zero-order valence-electron chi connectivity index (χ0n) is 15.9. The van der Waals surface area contributed by atoms with Crippen molar-refractivity contribution in [2.45, 2.75) is 69.7 Å². The lowest BCUT2D eigenvalue weighted by molar-refractivity contribution is -0.131. The summed E-state index contributed by atoms with van der Waals surface area (Å²) in [5, 5.41) is 3.27. The molecule has 142 valence electrons. The van der Waals surface area contributed by atoms with Crippen molar-refractivity contribution >= 4 is 5.91 Å². The molecule has 0 radical (unpaired) electrons. The molecule has 1 aromatic rings. The highest BCUT2D eigenvalue weighted by Gasteiger charge is 2.44. The van der Waals surface area contributed by atoms with Crippen molar-refractivity contribution in [3.63, 3.8) is 0 Å². The van der Waals surface area contributed by atoms with Crippen LogP contribution in [-0.2, 0) is 9.53 Å². The zero-order valence-corrected chi connectivity index (χ0v) is 15.9. The van der Waals surface area contributed by atoms with Crippen molar-refractivity contribution in [1.82, 2.24) is 10.2 Å². The van der Waals surface area contributed by atoms with Gasteiger partial charge in [-0.3, -0.25) is 4.79 Å². The molecule has 2 saturated heterocycles. The quantitative estimate of drug-likeness (QED) is 0.902. The average Bonchev–Trinajstić information content (AvgIpc) is 3.17. The Morgan fingerprint density at radius 3 is 2.73 bits per heavy atom. The molecule has 1 unspecified atom stereocenters. The molecule has 3 heterocycles. The SMILES string of the molecule is CC(C)N1CCC2(CC1)CC(NC(=O)[C@H]1CCCO1)c1ccccc1O2. The zero-order chi connectivity index (χ0) is 18.1. The van der Waals surface area contributed by atoms with Gasteiger partial charge in [-0.1, -0.05) is 18.2 Å². The van der Waals surface area contributed by atoms with Crippen molar-refractivity contribution in [3.8, 4) is 5.75 Å². The second kappa shape index (κ2) is 7.20. The smallest absolute Gasteiger partial charge is 0.249 e. The Morgan fingerprint density at radius 1 is 1.27 bits per heavy atom. The number of carbonyl (C=O) groups excluding carboxylic acids is 1. The van der Waals surface area contributed by atoms with E-state index in [0.717, 1.165) is 56.5 Å². The van der Waals surface area contributed by atoms with Gasteiger partial charge in [-0.05, 0) is 45.6 Å². The van der Waals surface area contributed by atoms with Gasteiger partial charge >= 0.3 is 0 Å². The number of nitrogens with one attached hydrogen (secondary N) is 1. The minimum absolute atomic E-state index is 0.00208. The molecule has 4 rings (SSSR count). The van der Waals surface area contributed by atoms with E-state index in [9.17, 15) is 4.79 Å². The average molecular weight is 358 g/mol. The van der Waals surface area contributed by atoms with Gasteiger partial charge in [0.15, 0.2) is 0 Å². The highest BCUT2D eigenvalue weighted by atomic mass is 16.5. The normalized spacial score (nSPS) is 28.0. The second-order valence-corrected chi connectivity index (χ2v) is 8.22. The van der Waals surface area contributed by atoms with E-state index in [0.29, 0.717) is 12.6 Å². The van der Waals surface area contributed by atoms with E-state index in [1.165, 1.54) is 0 Å². The maximum atomic E-state index is 12.7. The number of carbonyl (C=O) groups is 1. The number of hydrogen-bond acceptors (Lipinski definition) is 4. The van der Waals surface area contributed by atoms with Crippen LogP contribution in [0.2, 0.25) is 0 Å². The van der Waals surface area contributed by atoms with E-state index in [4.69, 9.17) is 9.47 Å². The third-order valence-corrected chi connectivity index (χ3v) is 6.18. The van der Waals surface area contributed by atoms with Gasteiger partial charge in [0.05, 0.1) is 6.04 Å². The summed E-state index contributed by atoms with van der Waals surface area (Å²) < 4.78 is 12.1. The molecule has 1 aromatic carbocycles. The predicted molar refractivity (Wildman–Crippen MR) is 100 cm³/mol. The number of fused-ring (bicyclic) bond motifs is 1. The molecule has 1 amide bonds. The van der Waals surface area contributed by atoms with Crippen LogP contribution in [0.15, 0.2) is 24.3 Å². The first kappa shape index (κ1) is 17.8. The Bertz CT molecular complexity index is 646. The summed E-state index contributed by atoms with van der Waals surface area (Å²) in [6, 6.07) is 8.72. The van der Waals surface area contributed by atoms with Gasteiger partial charge in [-0.2, -0.15) is 0 Å². The third kappa shape index (κ3) is 3.47. The van der Waals surface area contributed by atoms with E-state index < -0.39 is 0 Å². The highest BCUT2D eigenvalue weighted by molar-refractivity contribution is 5.81. The molecular weight excluding hydrogens is 328 g/mol. The number of benzene rings is 1. The van der Waals surface area contributed by atoms with E-state index in [1.807, 2.05) is 18.2 Å². The Morgan fingerprint density at radius 2 is 2.04 bits per heavy atom. The lowest BCUT2D eigenvalue weighted by Gasteiger charge is -2.47. The minimum Gasteiger partial charge on any atom is -0.487 e. The van der Waals surface area contributed by atoms with Crippen LogP contribution in [0, 0.1) is 0 Å². The summed E-state index contributed by atoms with van der Waals surface area (Å²) >= 11 is 0. The number of ether oxygens (including phenoxy) is 2. The van der Waals surface area contributed by atoms with Crippen LogP contribution >= 0.6 is 0 Å². The first-order valence-corrected chi connectivity index (χ1v) is 10.0. The molecule has 0 saturated carbocycles. The Labute approximate surface area is 156 Å². The van der Waals surface area contributed by atoms with Gasteiger partial charge in [0.25, 0.3) is 0 Å². The first-order chi connectivity index (χ1) is 12.6. The van der Waals surface area contributed by atoms with Crippen molar-refractivity contribution in [2.24, 2.45) is 0 Å². The lowest BCUT2D eigenvalue weighted by Crippen LogP contribution is -2.53. The molecule has 2 fully saturated rings. The van der Waals surface area contributed by atoms with Crippen LogP contribution in [0.5, 0.6) is 5.75 Å². The summed E-state index contributed by atoms with van der Waals surface area (Å²) in [7, 11) is 0. The molecule has 0 aromatic heterocycles. The fourth-order valence-corrected chi connectivity index (χ4v) is 4.55. The molecule has 0 aliphatic carbocycles. The molecule has 1 spiro atoms. The molecule has 1 N–H and O–H groups in total. The minimum atomic E-state index is -0.288. The number of hydrogen-bond donors (Lipinski definition) is 1. The predicted octanol–water partition coefficient (Wildman–Crippen LogP) is 3.05. The summed E-state index contributed by atoms with van der Waals surface area (Å²) in [5.41, 5.74) is 0.921. The summed E-state index contributed by atoms with van der Waals surface area (Å²) in [6.45, 7) is 7.29. The van der Waals surface area contributed by atoms with Crippen molar-refractivity contribution in [2.75, 3.05) is 19.7 Å². The summed E-state index contributed by atoms with van der Waals surface area (Å²) in [5.74, 6) is 0.952. The fourth-order valence-electron chi connectivity index (χ4n) is 4.55. The number of amides is 1. The molecular formula is C21H30N2O3. The van der Waals surface area contributed by atoms with Gasteiger partial charge in [-0.15, -0.1) is 0 Å². The topological polar surface area (TPSA) is 50.8 Å². The number of rotatable bonds is 3. The Hall–Kier alpha value is -1.59. The molecule has 26 heavy (non-hydrogen) atoms. The number of piperidine rings is 1. The van der Waals surface area contributed by atoms with Crippen LogP contribution in [-0.4, -0.2) is 48.3 Å². The Kier molecular flexibility index (Phi) is 4.93. The van der Waals surface area contributed by atoms with Crippen LogP contribution in [0.25, 0.3) is 0 Å². The van der Waals surface area contributed by atoms with Crippen LogP contribution in [0.3, 0.4) is 0 Å². The number of para-hydroxylation sites is 1. The van der Waals surface area contributed by atoms with Crippen molar-refractivity contribution in [1.29, 1.82) is 0 Å². The maximum absolute atomic E-state index is 12.7. The van der Waals surface area contributed by atoms with E-state index in [2.05, 4.69) is 30.1 Å². The molecule has 0 bridgehead atoms. The number of likely N-dealkylation sites (tertiary alicyclic amines) is 1. The van der Waals surface area contributed by atoms with Crippen LogP contribution < -0.4 is 10.1 Å². The molecule has 5 heteroatoms. The standard InChI is InChI=1S/C21H30N2O3/c1-15(2)23-11-9-21(10-12-23)14-17(16-6-3-4-7-18(16)26-21)22-20(24)19-8-5-13-25-19/h3-4,6-7,15,17,19H,5,8-14H2,1-2H3,(H,22,24)/t17?,19-/m1/s1. The van der Waals surface area contributed by atoms with E-state index >= 15 is 0 Å². The molecule has 2 atom stereocenters. The van der Waals surface area contributed by atoms with Gasteiger partial charge in [0.2, 0.25) is 5.91 Å². The van der Waals surface area contributed by atoms with Gasteiger partial charge in [0.1, 0.15) is 17.5 Å². The van der Waals surface area contributed by atoms with Gasteiger partial charge in [0, 0.05) is 37.7 Å². The van der Waals surface area contributed by atoms with E-state index in [-0.39, 0.29) is 23.7 Å². The molecule has 5 nitrogen and oxygen atoms in total. The maximum Gasteiger partial charge on any atom is 0.249 e. The molecule has 3 aliphatic rings. The fraction of sp³-hybridized carbons (Fsp3) is 0.667. The largest absolute Gasteiger partial charge is 0.487 e. The highest BCUT2D eigenvalue weighted by Crippen LogP contribution is 2.44. The second-order valence-electron chi connectivity index (χ2n) is 8.22. The summed E-state index contributed by atoms with van der Waals surface area (Å²) in [4.78, 5) is 15.2. The van der Waals surface area contributed by atoms with Crippen LogP contribution in [0.1, 0.15) is 57.6 Å². The van der Waals surface area contributed by atoms with Gasteiger partial charge < -0.3 is 19.7 Å². The van der Waals surface area contributed by atoms with Crippen molar-refractivity contribution in [3.05, 3.63) is 29.8 Å².